The Morgan fingerprint density at radius 1 is 1.12 bits per heavy atom. The van der Waals surface area contributed by atoms with E-state index in [1.807, 2.05) is 49.1 Å². The van der Waals surface area contributed by atoms with Crippen molar-refractivity contribution in [1.29, 1.82) is 0 Å². The second-order valence-corrected chi connectivity index (χ2v) is 6.56. The van der Waals surface area contributed by atoms with Crippen LogP contribution in [0, 0.1) is 5.92 Å². The average Bonchev–Trinajstić information content (AvgIpc) is 2.79. The van der Waals surface area contributed by atoms with Gasteiger partial charge in [0.1, 0.15) is 6.04 Å². The van der Waals surface area contributed by atoms with E-state index in [2.05, 4.69) is 0 Å². The second-order valence-electron chi connectivity index (χ2n) is 6.56. The molecule has 1 aliphatic heterocycles. The quantitative estimate of drug-likeness (QED) is 0.894. The van der Waals surface area contributed by atoms with E-state index in [0.29, 0.717) is 32.2 Å². The Kier molecular flexibility index (Phi) is 6.61. The number of nitrogens with zero attached hydrogens (tertiary/aromatic N) is 2. The van der Waals surface area contributed by atoms with Crippen molar-refractivity contribution in [1.82, 2.24) is 9.80 Å². The summed E-state index contributed by atoms with van der Waals surface area (Å²) in [5.41, 5.74) is 6.53. The SMILES string of the molecule is CC(C)COC(=O)N1CCCN(C(C(N)=O)c2ccccc2)CC1. The van der Waals surface area contributed by atoms with E-state index in [1.165, 1.54) is 0 Å². The van der Waals surface area contributed by atoms with Crippen LogP contribution in [-0.2, 0) is 9.53 Å². The lowest BCUT2D eigenvalue weighted by Gasteiger charge is -2.28. The van der Waals surface area contributed by atoms with Crippen LogP contribution in [-0.4, -0.2) is 54.6 Å². The van der Waals surface area contributed by atoms with Gasteiger partial charge in [-0.05, 0) is 17.9 Å². The van der Waals surface area contributed by atoms with E-state index < -0.39 is 6.04 Å². The van der Waals surface area contributed by atoms with Crippen LogP contribution in [0.15, 0.2) is 30.3 Å². The van der Waals surface area contributed by atoms with Crippen molar-refractivity contribution in [3.8, 4) is 0 Å². The Bertz CT molecular complexity index is 548. The van der Waals surface area contributed by atoms with Crippen LogP contribution in [0.3, 0.4) is 0 Å². The minimum absolute atomic E-state index is 0.277. The Morgan fingerprint density at radius 3 is 2.46 bits per heavy atom. The van der Waals surface area contributed by atoms with Gasteiger partial charge in [-0.15, -0.1) is 0 Å². The predicted molar refractivity (Wildman–Crippen MR) is 92.3 cm³/mol. The summed E-state index contributed by atoms with van der Waals surface area (Å²) < 4.78 is 5.30. The molecule has 1 aromatic carbocycles. The lowest BCUT2D eigenvalue weighted by molar-refractivity contribution is -0.123. The fourth-order valence-electron chi connectivity index (χ4n) is 2.90. The van der Waals surface area contributed by atoms with Gasteiger partial charge in [0.15, 0.2) is 0 Å². The summed E-state index contributed by atoms with van der Waals surface area (Å²) in [6, 6.07) is 9.08. The van der Waals surface area contributed by atoms with Crippen LogP contribution < -0.4 is 5.73 Å². The van der Waals surface area contributed by atoms with Crippen LogP contribution in [0.25, 0.3) is 0 Å². The van der Waals surface area contributed by atoms with Crippen LogP contribution in [0.5, 0.6) is 0 Å². The lowest BCUT2D eigenvalue weighted by Crippen LogP contribution is -2.41. The Morgan fingerprint density at radius 2 is 1.83 bits per heavy atom. The van der Waals surface area contributed by atoms with E-state index in [4.69, 9.17) is 10.5 Å². The van der Waals surface area contributed by atoms with Gasteiger partial charge >= 0.3 is 6.09 Å². The van der Waals surface area contributed by atoms with Crippen molar-refractivity contribution in [2.24, 2.45) is 11.7 Å². The minimum Gasteiger partial charge on any atom is -0.449 e. The highest BCUT2D eigenvalue weighted by Crippen LogP contribution is 2.22. The number of carbonyl (C=O) groups is 2. The molecule has 24 heavy (non-hydrogen) atoms. The number of amides is 2. The van der Waals surface area contributed by atoms with Gasteiger partial charge in [-0.3, -0.25) is 9.69 Å². The zero-order valence-electron chi connectivity index (χ0n) is 14.5. The molecular formula is C18H27N3O3. The maximum absolute atomic E-state index is 12.1. The molecule has 0 bridgehead atoms. The smallest absolute Gasteiger partial charge is 0.409 e. The zero-order chi connectivity index (χ0) is 17.5. The normalized spacial score (nSPS) is 17.4. The van der Waals surface area contributed by atoms with Crippen LogP contribution in [0.2, 0.25) is 0 Å². The van der Waals surface area contributed by atoms with Crippen molar-refractivity contribution < 1.29 is 14.3 Å². The van der Waals surface area contributed by atoms with Gasteiger partial charge in [-0.25, -0.2) is 4.79 Å². The number of hydrogen-bond donors (Lipinski definition) is 1. The number of hydrogen-bond acceptors (Lipinski definition) is 4. The molecule has 1 aliphatic rings. The molecule has 2 N–H and O–H groups in total. The molecule has 0 radical (unpaired) electrons. The van der Waals surface area contributed by atoms with Crippen molar-refractivity contribution in [3.05, 3.63) is 35.9 Å². The molecule has 1 saturated heterocycles. The molecule has 1 fully saturated rings. The molecule has 0 spiro atoms. The highest BCUT2D eigenvalue weighted by atomic mass is 16.6. The predicted octanol–water partition coefficient (Wildman–Crippen LogP) is 2.01. The lowest BCUT2D eigenvalue weighted by atomic mass is 10.0. The minimum atomic E-state index is -0.460. The Balaban J connectivity index is 2.01. The van der Waals surface area contributed by atoms with Crippen molar-refractivity contribution in [3.63, 3.8) is 0 Å². The van der Waals surface area contributed by atoms with Gasteiger partial charge < -0.3 is 15.4 Å². The first-order valence-corrected chi connectivity index (χ1v) is 8.49. The molecule has 1 atom stereocenters. The zero-order valence-corrected chi connectivity index (χ0v) is 14.5. The summed E-state index contributed by atoms with van der Waals surface area (Å²) >= 11 is 0. The first kappa shape index (κ1) is 18.3. The molecule has 2 amide bonds. The number of primary amides is 1. The summed E-state index contributed by atoms with van der Waals surface area (Å²) in [4.78, 5) is 27.9. The molecule has 1 heterocycles. The third-order valence-corrected chi connectivity index (χ3v) is 4.08. The molecule has 6 heteroatoms. The highest BCUT2D eigenvalue weighted by molar-refractivity contribution is 5.81. The van der Waals surface area contributed by atoms with E-state index in [0.717, 1.165) is 18.5 Å². The highest BCUT2D eigenvalue weighted by Gasteiger charge is 2.29. The fraction of sp³-hybridized carbons (Fsp3) is 0.556. The maximum Gasteiger partial charge on any atom is 0.409 e. The summed E-state index contributed by atoms with van der Waals surface area (Å²) in [5.74, 6) is -0.0493. The van der Waals surface area contributed by atoms with E-state index in [1.54, 1.807) is 4.90 Å². The van der Waals surface area contributed by atoms with E-state index in [-0.39, 0.29) is 12.0 Å². The molecule has 0 saturated carbocycles. The van der Waals surface area contributed by atoms with Gasteiger partial charge in [0.05, 0.1) is 6.61 Å². The van der Waals surface area contributed by atoms with E-state index in [9.17, 15) is 9.59 Å². The number of ether oxygens (including phenoxy) is 1. The number of carbonyl (C=O) groups excluding carboxylic acids is 2. The van der Waals surface area contributed by atoms with Crippen molar-refractivity contribution in [2.45, 2.75) is 26.3 Å². The molecule has 0 aliphatic carbocycles. The molecule has 132 valence electrons. The van der Waals surface area contributed by atoms with Gasteiger partial charge in [-0.2, -0.15) is 0 Å². The monoisotopic (exact) mass is 333 g/mol. The van der Waals surface area contributed by atoms with Gasteiger partial charge in [0.2, 0.25) is 5.91 Å². The maximum atomic E-state index is 12.1. The summed E-state index contributed by atoms with van der Waals surface area (Å²) in [5, 5.41) is 0. The fourth-order valence-corrected chi connectivity index (χ4v) is 2.90. The van der Waals surface area contributed by atoms with Crippen LogP contribution in [0.1, 0.15) is 31.9 Å². The van der Waals surface area contributed by atoms with Crippen LogP contribution in [0.4, 0.5) is 4.79 Å². The van der Waals surface area contributed by atoms with Gasteiger partial charge in [-0.1, -0.05) is 44.2 Å². The standard InChI is InChI=1S/C18H27N3O3/c1-14(2)13-24-18(23)21-10-6-9-20(11-12-21)16(17(19)22)15-7-4-3-5-8-15/h3-5,7-8,14,16H,6,9-13H2,1-2H3,(H2,19,22). The summed E-state index contributed by atoms with van der Waals surface area (Å²) in [7, 11) is 0. The van der Waals surface area contributed by atoms with Gasteiger partial charge in [0.25, 0.3) is 0 Å². The summed E-state index contributed by atoms with van der Waals surface area (Å²) in [6.07, 6.45) is 0.508. The van der Waals surface area contributed by atoms with Gasteiger partial charge in [0, 0.05) is 26.2 Å². The van der Waals surface area contributed by atoms with Crippen molar-refractivity contribution in [2.75, 3.05) is 32.8 Å². The Labute approximate surface area is 143 Å². The molecule has 6 nitrogen and oxygen atoms in total. The topological polar surface area (TPSA) is 75.9 Å². The first-order valence-electron chi connectivity index (χ1n) is 8.49. The molecule has 1 aromatic rings. The number of benzene rings is 1. The largest absolute Gasteiger partial charge is 0.449 e. The first-order chi connectivity index (χ1) is 11.5. The number of rotatable bonds is 5. The summed E-state index contributed by atoms with van der Waals surface area (Å²) in [6.45, 7) is 6.92. The van der Waals surface area contributed by atoms with E-state index >= 15 is 0 Å². The molecular weight excluding hydrogens is 306 g/mol. The van der Waals surface area contributed by atoms with Crippen LogP contribution >= 0.6 is 0 Å². The third-order valence-electron chi connectivity index (χ3n) is 4.08. The Hall–Kier alpha value is -2.08. The number of nitrogens with two attached hydrogens (primary N) is 1. The molecule has 0 aromatic heterocycles. The molecule has 1 unspecified atom stereocenters. The molecule has 2 rings (SSSR count). The van der Waals surface area contributed by atoms with Crippen molar-refractivity contribution >= 4 is 12.0 Å². The third kappa shape index (κ3) is 4.96. The second kappa shape index (κ2) is 8.68. The average molecular weight is 333 g/mol.